The van der Waals surface area contributed by atoms with Gasteiger partial charge in [0, 0.05) is 11.5 Å². The number of hydrogen-bond acceptors (Lipinski definition) is 6. The summed E-state index contributed by atoms with van der Waals surface area (Å²) in [5.41, 5.74) is 0. The predicted molar refractivity (Wildman–Crippen MR) is 82.1 cm³/mol. The van der Waals surface area contributed by atoms with Crippen LogP contribution in [0.5, 0.6) is 17.2 Å². The molecule has 22 heavy (non-hydrogen) atoms. The number of methoxy groups -OCH3 is 2. The summed E-state index contributed by atoms with van der Waals surface area (Å²) in [4.78, 5) is 12.1. The molecular weight excluding hydrogens is 308 g/mol. The smallest absolute Gasteiger partial charge is 0.337 e. The molecule has 0 heterocycles. The summed E-state index contributed by atoms with van der Waals surface area (Å²) in [6.07, 6.45) is 1.56. The van der Waals surface area contributed by atoms with E-state index in [1.165, 1.54) is 14.2 Å². The van der Waals surface area contributed by atoms with Crippen molar-refractivity contribution >= 4 is 27.9 Å². The Morgan fingerprint density at radius 1 is 1.23 bits per heavy atom. The van der Waals surface area contributed by atoms with Crippen LogP contribution in [0.4, 0.5) is 0 Å². The van der Waals surface area contributed by atoms with Gasteiger partial charge in [-0.3, -0.25) is 0 Å². The molecule has 1 N–H and O–H groups in total. The van der Waals surface area contributed by atoms with Gasteiger partial charge in [-0.1, -0.05) is 0 Å². The van der Waals surface area contributed by atoms with Gasteiger partial charge in [0.2, 0.25) is 5.75 Å². The van der Waals surface area contributed by atoms with Crippen molar-refractivity contribution in [3.05, 3.63) is 24.3 Å². The molecule has 118 valence electrons. The zero-order chi connectivity index (χ0) is 16.3. The zero-order valence-corrected chi connectivity index (χ0v) is 13.2. The van der Waals surface area contributed by atoms with E-state index < -0.39 is 23.8 Å². The Balaban J connectivity index is 2.75. The number of fused-ring (bicyclic) bond motifs is 1. The minimum Gasteiger partial charge on any atom is -0.612 e. The summed E-state index contributed by atoms with van der Waals surface area (Å²) >= 11 is -1.19. The van der Waals surface area contributed by atoms with Crippen LogP contribution in [0.1, 0.15) is 0 Å². The Morgan fingerprint density at radius 2 is 1.95 bits per heavy atom. The maximum atomic E-state index is 11.7. The molecule has 2 aromatic carbocycles. The lowest BCUT2D eigenvalue weighted by atomic mass is 10.1. The van der Waals surface area contributed by atoms with Crippen molar-refractivity contribution in [3.63, 3.8) is 0 Å². The van der Waals surface area contributed by atoms with Crippen LogP contribution in [0.15, 0.2) is 29.2 Å². The first kappa shape index (κ1) is 16.4. The standard InChI is InChI=1S/C15H16O6S/c1-19-12-6-9-4-5-10(22(3)18)7-11(9)14(15(12)20-2)21-13(17)8-16/h4-7,16H,8H2,1-3H3. The Kier molecular flexibility index (Phi) is 5.12. The SMILES string of the molecule is COc1cc2ccc([S+](C)[O-])cc2c(OC(=O)CO)c1OC. The van der Waals surface area contributed by atoms with Crippen molar-refractivity contribution in [3.8, 4) is 17.2 Å². The molecule has 0 spiro atoms. The fraction of sp³-hybridized carbons (Fsp3) is 0.267. The van der Waals surface area contributed by atoms with Gasteiger partial charge in [0.05, 0.1) is 14.2 Å². The van der Waals surface area contributed by atoms with Gasteiger partial charge in [-0.05, 0) is 34.8 Å². The largest absolute Gasteiger partial charge is 0.612 e. The summed E-state index contributed by atoms with van der Waals surface area (Å²) in [7, 11) is 2.89. The Hall–Kier alpha value is -1.96. The number of carbonyl (C=O) groups excluding carboxylic acids is 1. The van der Waals surface area contributed by atoms with E-state index in [4.69, 9.17) is 19.3 Å². The topological polar surface area (TPSA) is 88.0 Å². The van der Waals surface area contributed by atoms with Crippen molar-refractivity contribution in [2.24, 2.45) is 0 Å². The fourth-order valence-corrected chi connectivity index (χ4v) is 2.61. The lowest BCUT2D eigenvalue weighted by Crippen LogP contribution is -2.13. The molecule has 0 aliphatic carbocycles. The molecule has 0 bridgehead atoms. The van der Waals surface area contributed by atoms with Crippen LogP contribution in [0.2, 0.25) is 0 Å². The number of ether oxygens (including phenoxy) is 3. The van der Waals surface area contributed by atoms with Crippen LogP contribution in [0.3, 0.4) is 0 Å². The molecule has 0 fully saturated rings. The normalized spacial score (nSPS) is 12.0. The monoisotopic (exact) mass is 324 g/mol. The fourth-order valence-electron chi connectivity index (χ4n) is 2.07. The molecule has 1 atom stereocenters. The van der Waals surface area contributed by atoms with Gasteiger partial charge in [0.25, 0.3) is 0 Å². The van der Waals surface area contributed by atoms with Crippen LogP contribution < -0.4 is 14.2 Å². The van der Waals surface area contributed by atoms with Crippen LogP contribution in [0, 0.1) is 0 Å². The third-order valence-corrected chi connectivity index (χ3v) is 4.00. The second kappa shape index (κ2) is 6.87. The molecule has 0 amide bonds. The van der Waals surface area contributed by atoms with Crippen molar-refractivity contribution in [2.75, 3.05) is 27.1 Å². The molecule has 7 heteroatoms. The minimum absolute atomic E-state index is 0.128. The second-order valence-electron chi connectivity index (χ2n) is 4.41. The van der Waals surface area contributed by atoms with Gasteiger partial charge in [-0.2, -0.15) is 0 Å². The average molecular weight is 324 g/mol. The van der Waals surface area contributed by atoms with E-state index >= 15 is 0 Å². The van der Waals surface area contributed by atoms with E-state index in [2.05, 4.69) is 0 Å². The van der Waals surface area contributed by atoms with Crippen LogP contribution in [-0.4, -0.2) is 42.7 Å². The highest BCUT2D eigenvalue weighted by Gasteiger charge is 2.20. The summed E-state index contributed by atoms with van der Waals surface area (Å²) < 4.78 is 27.3. The molecule has 2 rings (SSSR count). The maximum absolute atomic E-state index is 11.7. The molecule has 0 aliphatic heterocycles. The maximum Gasteiger partial charge on any atom is 0.337 e. The van der Waals surface area contributed by atoms with Crippen molar-refractivity contribution < 1.29 is 28.7 Å². The summed E-state index contributed by atoms with van der Waals surface area (Å²) in [5, 5.41) is 10.2. The highest BCUT2D eigenvalue weighted by Crippen LogP contribution is 2.44. The van der Waals surface area contributed by atoms with Gasteiger partial charge in [-0.25, -0.2) is 4.79 Å². The van der Waals surface area contributed by atoms with Crippen molar-refractivity contribution in [1.29, 1.82) is 0 Å². The third kappa shape index (κ3) is 3.11. The summed E-state index contributed by atoms with van der Waals surface area (Å²) in [6.45, 7) is -0.763. The molecular formula is C15H16O6S. The molecule has 0 saturated heterocycles. The molecule has 0 radical (unpaired) electrons. The lowest BCUT2D eigenvalue weighted by molar-refractivity contribution is -0.137. The number of esters is 1. The molecule has 0 aliphatic rings. The lowest BCUT2D eigenvalue weighted by Gasteiger charge is -2.16. The van der Waals surface area contributed by atoms with Gasteiger partial charge in [-0.15, -0.1) is 0 Å². The first-order valence-electron chi connectivity index (χ1n) is 6.35. The van der Waals surface area contributed by atoms with Gasteiger partial charge >= 0.3 is 5.97 Å². The number of aliphatic hydroxyl groups is 1. The molecule has 0 aromatic heterocycles. The van der Waals surface area contributed by atoms with Gasteiger partial charge < -0.3 is 23.9 Å². The predicted octanol–water partition coefficient (Wildman–Crippen LogP) is 1.49. The first-order chi connectivity index (χ1) is 10.5. The Bertz CT molecular complexity index is 698. The molecule has 2 aromatic rings. The van der Waals surface area contributed by atoms with Crippen LogP contribution in [-0.2, 0) is 16.0 Å². The van der Waals surface area contributed by atoms with Crippen molar-refractivity contribution in [2.45, 2.75) is 4.90 Å². The zero-order valence-electron chi connectivity index (χ0n) is 12.4. The second-order valence-corrected chi connectivity index (χ2v) is 5.79. The number of rotatable bonds is 5. The number of benzene rings is 2. The molecule has 6 nitrogen and oxygen atoms in total. The number of aliphatic hydroxyl groups excluding tert-OH is 1. The van der Waals surface area contributed by atoms with Crippen LogP contribution in [0.25, 0.3) is 10.8 Å². The Labute approximate surface area is 130 Å². The average Bonchev–Trinajstić information content (AvgIpc) is 2.53. The highest BCUT2D eigenvalue weighted by atomic mass is 32.2. The van der Waals surface area contributed by atoms with E-state index in [9.17, 15) is 9.35 Å². The van der Waals surface area contributed by atoms with E-state index in [1.54, 1.807) is 30.5 Å². The van der Waals surface area contributed by atoms with E-state index in [0.717, 1.165) is 5.39 Å². The minimum atomic E-state index is -1.19. The summed E-state index contributed by atoms with van der Waals surface area (Å²) in [5.74, 6) is -0.0731. The van der Waals surface area contributed by atoms with E-state index in [1.807, 2.05) is 0 Å². The summed E-state index contributed by atoms with van der Waals surface area (Å²) in [6, 6.07) is 6.87. The van der Waals surface area contributed by atoms with Gasteiger partial charge in [0.15, 0.2) is 16.4 Å². The molecule has 1 unspecified atom stereocenters. The van der Waals surface area contributed by atoms with Gasteiger partial charge in [0.1, 0.15) is 12.9 Å². The molecule has 0 saturated carbocycles. The number of hydrogen-bond donors (Lipinski definition) is 1. The van der Waals surface area contributed by atoms with Crippen LogP contribution >= 0.6 is 0 Å². The number of carbonyl (C=O) groups is 1. The highest BCUT2D eigenvalue weighted by molar-refractivity contribution is 7.90. The first-order valence-corrected chi connectivity index (χ1v) is 7.91. The van der Waals surface area contributed by atoms with Crippen molar-refractivity contribution in [1.82, 2.24) is 0 Å². The quantitative estimate of drug-likeness (QED) is 0.509. The van der Waals surface area contributed by atoms with E-state index in [0.29, 0.717) is 16.0 Å². The third-order valence-electron chi connectivity index (χ3n) is 3.09. The van der Waals surface area contributed by atoms with E-state index in [-0.39, 0.29) is 11.5 Å². The Morgan fingerprint density at radius 3 is 2.50 bits per heavy atom.